The van der Waals surface area contributed by atoms with Gasteiger partial charge in [-0.05, 0) is 52.2 Å². The molecule has 0 spiro atoms. The number of benzene rings is 1. The summed E-state index contributed by atoms with van der Waals surface area (Å²) in [5.74, 6) is -2.47. The molecule has 1 heterocycles. The minimum Gasteiger partial charge on any atom is -0.506 e. The van der Waals surface area contributed by atoms with Gasteiger partial charge in [0.25, 0.3) is 0 Å². The molecule has 1 atom stereocenters. The molecule has 4 N–H and O–H groups in total. The van der Waals surface area contributed by atoms with Crippen LogP contribution in [0, 0.1) is 5.92 Å². The van der Waals surface area contributed by atoms with Crippen molar-refractivity contribution in [2.24, 2.45) is 5.92 Å². The second kappa shape index (κ2) is 8.80. The first-order chi connectivity index (χ1) is 13.5. The number of fused-ring (bicyclic) bond motifs is 1. The Bertz CT molecular complexity index is 830. The lowest BCUT2D eigenvalue weighted by Gasteiger charge is -2.22. The van der Waals surface area contributed by atoms with Crippen molar-refractivity contribution in [1.29, 1.82) is 0 Å². The van der Waals surface area contributed by atoms with E-state index in [-0.39, 0.29) is 24.5 Å². The summed E-state index contributed by atoms with van der Waals surface area (Å²) in [6.45, 7) is 6.83. The zero-order valence-electron chi connectivity index (χ0n) is 16.8. The normalized spacial score (nSPS) is 16.0. The maximum absolute atomic E-state index is 12.4. The van der Waals surface area contributed by atoms with Crippen molar-refractivity contribution in [2.45, 2.75) is 46.1 Å². The number of carbonyl (C=O) groups is 4. The highest BCUT2D eigenvalue weighted by Gasteiger charge is 2.33. The van der Waals surface area contributed by atoms with Crippen LogP contribution < -0.4 is 16.0 Å². The number of carbonyl (C=O) groups excluding carboxylic acids is 4. The van der Waals surface area contributed by atoms with Crippen molar-refractivity contribution in [3.8, 4) is 5.75 Å². The molecule has 1 aromatic carbocycles. The SMILES string of the molecule is CCOC(=O)NC(=O)Nc1cc2c(cc1O)NC(=O)C(C(=O)OC(C)(C)C)CC2. The fraction of sp³-hybridized carbons (Fsp3) is 0.474. The van der Waals surface area contributed by atoms with Crippen molar-refractivity contribution >= 4 is 35.4 Å². The molecule has 10 nitrogen and oxygen atoms in total. The molecule has 0 radical (unpaired) electrons. The van der Waals surface area contributed by atoms with Crippen molar-refractivity contribution in [3.63, 3.8) is 0 Å². The van der Waals surface area contributed by atoms with Gasteiger partial charge in [0.1, 0.15) is 17.3 Å². The average Bonchev–Trinajstić information content (AvgIpc) is 2.72. The number of nitrogens with one attached hydrogen (secondary N) is 3. The summed E-state index contributed by atoms with van der Waals surface area (Å²) >= 11 is 0. The van der Waals surface area contributed by atoms with Gasteiger partial charge in [0.15, 0.2) is 0 Å². The number of esters is 1. The van der Waals surface area contributed by atoms with E-state index in [2.05, 4.69) is 15.4 Å². The highest BCUT2D eigenvalue weighted by molar-refractivity contribution is 6.06. The number of imide groups is 1. The molecule has 29 heavy (non-hydrogen) atoms. The molecule has 1 aromatic rings. The summed E-state index contributed by atoms with van der Waals surface area (Å²) in [6.07, 6.45) is -0.397. The standard InChI is InChI=1S/C19H25N3O7/c1-5-28-18(27)22-17(26)21-13-8-10-6-7-11(16(25)29-19(2,3)4)15(24)20-12(10)9-14(13)23/h8-9,11,23H,5-7H2,1-4H3,(H,20,24)(H2,21,22,26,27). The zero-order chi connectivity index (χ0) is 21.8. The van der Waals surface area contributed by atoms with Crippen LogP contribution in [0.15, 0.2) is 12.1 Å². The molecule has 10 heteroatoms. The van der Waals surface area contributed by atoms with Crippen LogP contribution in [-0.2, 0) is 25.5 Å². The number of aromatic hydroxyl groups is 1. The molecular weight excluding hydrogens is 382 g/mol. The summed E-state index contributed by atoms with van der Waals surface area (Å²) < 4.78 is 9.90. The maximum Gasteiger partial charge on any atom is 0.415 e. The van der Waals surface area contributed by atoms with Gasteiger partial charge in [-0.15, -0.1) is 0 Å². The van der Waals surface area contributed by atoms with E-state index in [0.717, 1.165) is 0 Å². The monoisotopic (exact) mass is 407 g/mol. The smallest absolute Gasteiger partial charge is 0.415 e. The molecule has 2 rings (SSSR count). The number of hydrogen-bond donors (Lipinski definition) is 4. The van der Waals surface area contributed by atoms with E-state index in [9.17, 15) is 24.3 Å². The van der Waals surface area contributed by atoms with Crippen LogP contribution in [0.1, 0.15) is 39.7 Å². The molecule has 0 saturated carbocycles. The second-order valence-electron chi connectivity index (χ2n) is 7.44. The maximum atomic E-state index is 12.4. The van der Waals surface area contributed by atoms with Crippen LogP contribution in [-0.4, -0.2) is 41.3 Å². The lowest BCUT2D eigenvalue weighted by Crippen LogP contribution is -2.35. The predicted octanol–water partition coefficient (Wildman–Crippen LogP) is 2.51. The van der Waals surface area contributed by atoms with E-state index in [1.165, 1.54) is 12.1 Å². The predicted molar refractivity (Wildman–Crippen MR) is 104 cm³/mol. The summed E-state index contributed by atoms with van der Waals surface area (Å²) in [5, 5.41) is 17.1. The Morgan fingerprint density at radius 1 is 1.28 bits per heavy atom. The fourth-order valence-electron chi connectivity index (χ4n) is 2.72. The Hall–Kier alpha value is -3.30. The van der Waals surface area contributed by atoms with E-state index >= 15 is 0 Å². The largest absolute Gasteiger partial charge is 0.506 e. The van der Waals surface area contributed by atoms with E-state index in [1.807, 2.05) is 5.32 Å². The Morgan fingerprint density at radius 3 is 2.59 bits per heavy atom. The highest BCUT2D eigenvalue weighted by atomic mass is 16.6. The van der Waals surface area contributed by atoms with Crippen LogP contribution in [0.2, 0.25) is 0 Å². The van der Waals surface area contributed by atoms with Crippen molar-refractivity contribution < 1.29 is 33.8 Å². The van der Waals surface area contributed by atoms with Gasteiger partial charge in [0.2, 0.25) is 5.91 Å². The number of phenols is 1. The molecule has 4 amide bonds. The van der Waals surface area contributed by atoms with Crippen LogP contribution in [0.5, 0.6) is 5.75 Å². The number of rotatable bonds is 3. The van der Waals surface area contributed by atoms with Gasteiger partial charge >= 0.3 is 18.1 Å². The van der Waals surface area contributed by atoms with Gasteiger partial charge in [-0.2, -0.15) is 0 Å². The molecule has 0 saturated heterocycles. The van der Waals surface area contributed by atoms with Crippen LogP contribution >= 0.6 is 0 Å². The third-order valence-electron chi connectivity index (χ3n) is 3.93. The molecule has 158 valence electrons. The van der Waals surface area contributed by atoms with Crippen molar-refractivity contribution in [1.82, 2.24) is 5.32 Å². The Morgan fingerprint density at radius 2 is 1.97 bits per heavy atom. The first kappa shape index (κ1) is 22.0. The van der Waals surface area contributed by atoms with Gasteiger partial charge in [-0.1, -0.05) is 0 Å². The third-order valence-corrected chi connectivity index (χ3v) is 3.93. The number of hydrogen-bond acceptors (Lipinski definition) is 7. The van der Waals surface area contributed by atoms with Gasteiger partial charge in [0, 0.05) is 11.8 Å². The lowest BCUT2D eigenvalue weighted by atomic mass is 9.99. The molecule has 1 aliphatic heterocycles. The van der Waals surface area contributed by atoms with Crippen LogP contribution in [0.25, 0.3) is 0 Å². The molecule has 1 unspecified atom stereocenters. The third kappa shape index (κ3) is 6.09. The first-order valence-corrected chi connectivity index (χ1v) is 9.14. The van der Waals surface area contributed by atoms with Gasteiger partial charge in [-0.25, -0.2) is 14.9 Å². The average molecular weight is 407 g/mol. The van der Waals surface area contributed by atoms with Crippen LogP contribution in [0.4, 0.5) is 21.0 Å². The topological polar surface area (TPSA) is 143 Å². The minimum absolute atomic E-state index is 0.0375. The first-order valence-electron chi connectivity index (χ1n) is 9.14. The summed E-state index contributed by atoms with van der Waals surface area (Å²) in [7, 11) is 0. The lowest BCUT2D eigenvalue weighted by molar-refractivity contribution is -0.161. The minimum atomic E-state index is -0.993. The Labute approximate surface area is 167 Å². The van der Waals surface area contributed by atoms with Gasteiger partial charge in [-0.3, -0.25) is 9.59 Å². The second-order valence-corrected chi connectivity index (χ2v) is 7.44. The van der Waals surface area contributed by atoms with Crippen molar-refractivity contribution in [3.05, 3.63) is 17.7 Å². The van der Waals surface area contributed by atoms with E-state index < -0.39 is 35.5 Å². The number of aryl methyl sites for hydroxylation is 1. The van der Waals surface area contributed by atoms with E-state index in [4.69, 9.17) is 4.74 Å². The fourth-order valence-corrected chi connectivity index (χ4v) is 2.72. The summed E-state index contributed by atoms with van der Waals surface area (Å²) in [5.41, 5.74) is 0.247. The number of anilines is 2. The number of alkyl carbamates (subject to hydrolysis) is 1. The molecule has 0 bridgehead atoms. The molecule has 0 aliphatic carbocycles. The molecule has 0 fully saturated rings. The number of urea groups is 1. The Kier molecular flexibility index (Phi) is 6.68. The molecule has 0 aromatic heterocycles. The van der Waals surface area contributed by atoms with Crippen molar-refractivity contribution in [2.75, 3.05) is 17.2 Å². The highest BCUT2D eigenvalue weighted by Crippen LogP contribution is 2.34. The van der Waals surface area contributed by atoms with Gasteiger partial charge in [0.05, 0.1) is 12.3 Å². The summed E-state index contributed by atoms with van der Waals surface area (Å²) in [4.78, 5) is 47.9. The quantitative estimate of drug-likeness (QED) is 0.342. The summed E-state index contributed by atoms with van der Waals surface area (Å²) in [6, 6.07) is 1.85. The van der Waals surface area contributed by atoms with E-state index in [0.29, 0.717) is 17.7 Å². The zero-order valence-corrected chi connectivity index (χ0v) is 16.8. The Balaban J connectivity index is 2.14. The van der Waals surface area contributed by atoms with Gasteiger partial charge < -0.3 is 25.2 Å². The molecule has 1 aliphatic rings. The number of amides is 4. The number of ether oxygens (including phenoxy) is 2. The van der Waals surface area contributed by atoms with Crippen LogP contribution in [0.3, 0.4) is 0 Å². The number of phenolic OH excluding ortho intramolecular Hbond substituents is 1. The molecular formula is C19H25N3O7. The van der Waals surface area contributed by atoms with E-state index in [1.54, 1.807) is 27.7 Å².